The molecular weight excluding hydrogens is 573 g/mol. The van der Waals surface area contributed by atoms with E-state index in [2.05, 4.69) is 102 Å². The fourth-order valence-electron chi connectivity index (χ4n) is 7.29. The van der Waals surface area contributed by atoms with Gasteiger partial charge in [0.25, 0.3) is 0 Å². The average molecular weight is 599 g/mol. The summed E-state index contributed by atoms with van der Waals surface area (Å²) in [7, 11) is 0. The zero-order valence-corrected chi connectivity index (χ0v) is 25.3. The summed E-state index contributed by atoms with van der Waals surface area (Å²) >= 11 is 0. The SMILES string of the molecule is c1ccc(-c2nc(-c3ccccc3)nc(-c3ccc(-n4c5ccccc5c5ccc6c(c54)-c4cccc5cccc-6c45)cc3)n2)cc1. The molecule has 0 bridgehead atoms. The molecule has 218 valence electrons. The number of hydrogen-bond acceptors (Lipinski definition) is 3. The van der Waals surface area contributed by atoms with Gasteiger partial charge in [-0.2, -0.15) is 0 Å². The van der Waals surface area contributed by atoms with Gasteiger partial charge in [-0.15, -0.1) is 0 Å². The lowest BCUT2D eigenvalue weighted by molar-refractivity contribution is 1.07. The van der Waals surface area contributed by atoms with Gasteiger partial charge in [0.1, 0.15) is 0 Å². The molecular formula is C43H26N4. The lowest BCUT2D eigenvalue weighted by Crippen LogP contribution is -2.00. The van der Waals surface area contributed by atoms with Gasteiger partial charge in [-0.05, 0) is 57.8 Å². The quantitative estimate of drug-likeness (QED) is 0.202. The van der Waals surface area contributed by atoms with E-state index < -0.39 is 0 Å². The summed E-state index contributed by atoms with van der Waals surface area (Å²) in [6, 6.07) is 55.5. The van der Waals surface area contributed by atoms with Crippen LogP contribution in [0.1, 0.15) is 0 Å². The Bertz CT molecular complexity index is 2590. The minimum absolute atomic E-state index is 0.648. The van der Waals surface area contributed by atoms with Gasteiger partial charge in [0.2, 0.25) is 0 Å². The number of benzene rings is 7. The molecule has 0 amide bonds. The van der Waals surface area contributed by atoms with E-state index in [4.69, 9.17) is 15.0 Å². The zero-order valence-electron chi connectivity index (χ0n) is 25.3. The highest BCUT2D eigenvalue weighted by Gasteiger charge is 2.26. The van der Waals surface area contributed by atoms with E-state index >= 15 is 0 Å². The Morgan fingerprint density at radius 2 is 0.957 bits per heavy atom. The van der Waals surface area contributed by atoms with Crippen LogP contribution in [0.5, 0.6) is 0 Å². The van der Waals surface area contributed by atoms with Gasteiger partial charge in [0, 0.05) is 38.7 Å². The maximum absolute atomic E-state index is 4.95. The van der Waals surface area contributed by atoms with E-state index in [0.29, 0.717) is 17.5 Å². The van der Waals surface area contributed by atoms with Crippen LogP contribution in [0.2, 0.25) is 0 Å². The van der Waals surface area contributed by atoms with Crippen LogP contribution in [0.4, 0.5) is 0 Å². The fourth-order valence-corrected chi connectivity index (χ4v) is 7.29. The zero-order chi connectivity index (χ0) is 30.9. The third-order valence-corrected chi connectivity index (χ3v) is 9.38. The number of hydrogen-bond donors (Lipinski definition) is 0. The largest absolute Gasteiger partial charge is 0.309 e. The molecule has 0 saturated carbocycles. The van der Waals surface area contributed by atoms with Gasteiger partial charge in [-0.25, -0.2) is 15.0 Å². The van der Waals surface area contributed by atoms with Gasteiger partial charge in [-0.1, -0.05) is 127 Å². The first-order valence-electron chi connectivity index (χ1n) is 15.9. The molecule has 9 aromatic rings. The first kappa shape index (κ1) is 25.9. The predicted molar refractivity (Wildman–Crippen MR) is 192 cm³/mol. The molecule has 2 aromatic heterocycles. The van der Waals surface area contributed by atoms with Crippen molar-refractivity contribution in [3.05, 3.63) is 158 Å². The highest BCUT2D eigenvalue weighted by Crippen LogP contribution is 2.51. The molecule has 10 rings (SSSR count). The van der Waals surface area contributed by atoms with E-state index in [9.17, 15) is 0 Å². The summed E-state index contributed by atoms with van der Waals surface area (Å²) in [5.41, 5.74) is 11.6. The molecule has 0 unspecified atom stereocenters. The van der Waals surface area contributed by atoms with E-state index in [1.807, 2.05) is 60.7 Å². The smallest absolute Gasteiger partial charge is 0.164 e. The molecule has 0 fully saturated rings. The highest BCUT2D eigenvalue weighted by molar-refractivity contribution is 6.24. The number of nitrogens with zero attached hydrogens (tertiary/aromatic N) is 4. The van der Waals surface area contributed by atoms with Crippen LogP contribution in [0, 0.1) is 0 Å². The Morgan fingerprint density at radius 1 is 0.383 bits per heavy atom. The van der Waals surface area contributed by atoms with E-state index in [0.717, 1.165) is 22.4 Å². The van der Waals surface area contributed by atoms with Crippen molar-refractivity contribution in [2.75, 3.05) is 0 Å². The van der Waals surface area contributed by atoms with Crippen molar-refractivity contribution >= 4 is 32.6 Å². The van der Waals surface area contributed by atoms with Crippen LogP contribution in [0.25, 0.3) is 94.7 Å². The van der Waals surface area contributed by atoms with Crippen LogP contribution in [0.3, 0.4) is 0 Å². The molecule has 0 spiro atoms. The second-order valence-electron chi connectivity index (χ2n) is 12.0. The van der Waals surface area contributed by atoms with Gasteiger partial charge in [-0.3, -0.25) is 0 Å². The summed E-state index contributed by atoms with van der Waals surface area (Å²) in [5.74, 6) is 1.96. The number of rotatable bonds is 4. The van der Waals surface area contributed by atoms with Crippen molar-refractivity contribution in [2.45, 2.75) is 0 Å². The maximum atomic E-state index is 4.95. The summed E-state index contributed by atoms with van der Waals surface area (Å²) < 4.78 is 2.43. The molecule has 47 heavy (non-hydrogen) atoms. The molecule has 0 radical (unpaired) electrons. The third-order valence-electron chi connectivity index (χ3n) is 9.38. The van der Waals surface area contributed by atoms with Crippen LogP contribution >= 0.6 is 0 Å². The van der Waals surface area contributed by atoms with Crippen molar-refractivity contribution < 1.29 is 0 Å². The highest BCUT2D eigenvalue weighted by atomic mass is 15.0. The van der Waals surface area contributed by atoms with Crippen LogP contribution in [0.15, 0.2) is 158 Å². The second kappa shape index (κ2) is 10.1. The van der Waals surface area contributed by atoms with E-state index in [1.165, 1.54) is 54.8 Å². The molecule has 1 aliphatic carbocycles. The van der Waals surface area contributed by atoms with Crippen molar-refractivity contribution in [2.24, 2.45) is 0 Å². The Balaban J connectivity index is 1.17. The summed E-state index contributed by atoms with van der Waals surface area (Å²) in [5, 5.41) is 5.11. The predicted octanol–water partition coefficient (Wildman–Crippen LogP) is 10.8. The van der Waals surface area contributed by atoms with E-state index in [-0.39, 0.29) is 0 Å². The molecule has 7 aromatic carbocycles. The molecule has 0 N–H and O–H groups in total. The van der Waals surface area contributed by atoms with Crippen molar-refractivity contribution in [1.29, 1.82) is 0 Å². The normalized spacial score (nSPS) is 11.8. The van der Waals surface area contributed by atoms with Gasteiger partial charge < -0.3 is 4.57 Å². The molecule has 0 saturated heterocycles. The Hall–Kier alpha value is -6.39. The Labute approximate surface area is 271 Å². The summed E-state index contributed by atoms with van der Waals surface area (Å²) in [4.78, 5) is 14.8. The van der Waals surface area contributed by atoms with Gasteiger partial charge in [0.15, 0.2) is 17.5 Å². The van der Waals surface area contributed by atoms with Crippen LogP contribution < -0.4 is 0 Å². The van der Waals surface area contributed by atoms with Crippen molar-refractivity contribution in [1.82, 2.24) is 19.5 Å². The Kier molecular flexibility index (Phi) is 5.54. The number of fused-ring (bicyclic) bond motifs is 7. The topological polar surface area (TPSA) is 43.6 Å². The minimum atomic E-state index is 0.648. The van der Waals surface area contributed by atoms with Gasteiger partial charge in [0.05, 0.1) is 11.0 Å². The molecule has 2 heterocycles. The third kappa shape index (κ3) is 3.92. The molecule has 4 heteroatoms. The minimum Gasteiger partial charge on any atom is -0.309 e. The molecule has 0 aliphatic heterocycles. The van der Waals surface area contributed by atoms with Crippen LogP contribution in [-0.2, 0) is 0 Å². The monoisotopic (exact) mass is 598 g/mol. The summed E-state index contributed by atoms with van der Waals surface area (Å²) in [6.07, 6.45) is 0. The molecule has 4 nitrogen and oxygen atoms in total. The first-order valence-corrected chi connectivity index (χ1v) is 15.9. The maximum Gasteiger partial charge on any atom is 0.164 e. The summed E-state index contributed by atoms with van der Waals surface area (Å²) in [6.45, 7) is 0. The number of para-hydroxylation sites is 1. The van der Waals surface area contributed by atoms with E-state index in [1.54, 1.807) is 0 Å². The fraction of sp³-hybridized carbons (Fsp3) is 0. The lowest BCUT2D eigenvalue weighted by Gasteiger charge is -2.13. The standard InChI is InChI=1S/C43H26N4/c1-3-11-28(12-4-1)41-44-42(29-13-5-2-6-14-29)46-43(45-41)30-21-23-31(24-22-30)47-37-20-8-7-17-32(37)35-26-25-34-33-18-9-15-27-16-10-19-36(38(27)33)39(34)40(35)47/h1-26H. The lowest BCUT2D eigenvalue weighted by atomic mass is 10.0. The average Bonchev–Trinajstić information content (AvgIpc) is 3.66. The first-order chi connectivity index (χ1) is 23.3. The van der Waals surface area contributed by atoms with Gasteiger partial charge >= 0.3 is 0 Å². The van der Waals surface area contributed by atoms with Crippen molar-refractivity contribution in [3.63, 3.8) is 0 Å². The Morgan fingerprint density at radius 3 is 1.62 bits per heavy atom. The second-order valence-corrected chi connectivity index (χ2v) is 12.0. The molecule has 1 aliphatic rings. The van der Waals surface area contributed by atoms with Crippen molar-refractivity contribution in [3.8, 4) is 62.1 Å². The number of aromatic nitrogens is 4. The molecule has 0 atom stereocenters. The van der Waals surface area contributed by atoms with Crippen LogP contribution in [-0.4, -0.2) is 19.5 Å².